The molecule has 0 atom stereocenters. The van der Waals surface area contributed by atoms with Crippen molar-refractivity contribution in [1.82, 2.24) is 14.9 Å². The van der Waals surface area contributed by atoms with Crippen LogP contribution in [0.4, 0.5) is 5.69 Å². The molecule has 1 heterocycles. The van der Waals surface area contributed by atoms with Gasteiger partial charge in [0.05, 0.1) is 25.2 Å². The number of hydrogen-bond donors (Lipinski definition) is 2. The Balaban J connectivity index is 1.65. The van der Waals surface area contributed by atoms with Gasteiger partial charge in [-0.25, -0.2) is 4.98 Å². The van der Waals surface area contributed by atoms with E-state index >= 15 is 0 Å². The van der Waals surface area contributed by atoms with Crippen molar-refractivity contribution < 1.29 is 9.53 Å². The van der Waals surface area contributed by atoms with Crippen LogP contribution in [0.15, 0.2) is 36.8 Å². The van der Waals surface area contributed by atoms with Crippen LogP contribution in [0.2, 0.25) is 0 Å². The molecule has 1 amide bonds. The van der Waals surface area contributed by atoms with E-state index in [4.69, 9.17) is 4.74 Å². The maximum absolute atomic E-state index is 13.0. The highest BCUT2D eigenvalue weighted by Crippen LogP contribution is 2.33. The molecule has 0 bridgehead atoms. The summed E-state index contributed by atoms with van der Waals surface area (Å²) in [5.41, 5.74) is 2.67. The number of carbonyl (C=O) groups is 1. The van der Waals surface area contributed by atoms with E-state index in [0.717, 1.165) is 43.6 Å². The summed E-state index contributed by atoms with van der Waals surface area (Å²) in [6, 6.07) is 8.22. The maximum atomic E-state index is 13.0. The van der Waals surface area contributed by atoms with Crippen molar-refractivity contribution in [2.45, 2.75) is 51.2 Å². The summed E-state index contributed by atoms with van der Waals surface area (Å²) in [5, 5.41) is 6.62. The highest BCUT2D eigenvalue weighted by molar-refractivity contribution is 5.89. The van der Waals surface area contributed by atoms with E-state index in [1.165, 1.54) is 5.56 Å². The Morgan fingerprint density at radius 2 is 2.00 bits per heavy atom. The highest BCUT2D eigenvalue weighted by Gasteiger charge is 2.41. The SMILES string of the molecule is COCCn1cncc1CNC(=O)C1(Nc2ccc(C)cc2)CCCC1. The molecule has 1 aliphatic carbocycles. The van der Waals surface area contributed by atoms with Crippen molar-refractivity contribution in [3.8, 4) is 0 Å². The molecule has 1 saturated carbocycles. The normalized spacial score (nSPS) is 15.8. The first-order valence-corrected chi connectivity index (χ1v) is 9.24. The van der Waals surface area contributed by atoms with Gasteiger partial charge in [-0.05, 0) is 31.9 Å². The van der Waals surface area contributed by atoms with Gasteiger partial charge in [-0.2, -0.15) is 0 Å². The first-order chi connectivity index (χ1) is 12.6. The van der Waals surface area contributed by atoms with Gasteiger partial charge in [0, 0.05) is 25.5 Å². The van der Waals surface area contributed by atoms with Gasteiger partial charge in [0.2, 0.25) is 5.91 Å². The molecule has 0 spiro atoms. The lowest BCUT2D eigenvalue weighted by Crippen LogP contribution is -2.50. The van der Waals surface area contributed by atoms with Crippen LogP contribution in [-0.2, 0) is 22.6 Å². The number of amides is 1. The average Bonchev–Trinajstić information content (AvgIpc) is 3.30. The second-order valence-electron chi connectivity index (χ2n) is 7.03. The Morgan fingerprint density at radius 1 is 1.27 bits per heavy atom. The first-order valence-electron chi connectivity index (χ1n) is 9.24. The van der Waals surface area contributed by atoms with Crippen molar-refractivity contribution in [3.05, 3.63) is 48.0 Å². The standard InChI is InChI=1S/C20H28N4O2/c1-16-5-7-17(8-6-16)23-20(9-3-4-10-20)19(25)22-14-18-13-21-15-24(18)11-12-26-2/h5-8,13,15,23H,3-4,9-12,14H2,1-2H3,(H,22,25). The molecule has 1 aliphatic rings. The third kappa shape index (κ3) is 4.25. The van der Waals surface area contributed by atoms with Gasteiger partial charge in [-0.1, -0.05) is 30.5 Å². The number of rotatable bonds is 8. The number of nitrogens with zero attached hydrogens (tertiary/aromatic N) is 2. The molecule has 1 aromatic heterocycles. The number of methoxy groups -OCH3 is 1. The molecule has 26 heavy (non-hydrogen) atoms. The molecule has 6 nitrogen and oxygen atoms in total. The monoisotopic (exact) mass is 356 g/mol. The lowest BCUT2D eigenvalue weighted by molar-refractivity contribution is -0.125. The Morgan fingerprint density at radius 3 is 2.69 bits per heavy atom. The van der Waals surface area contributed by atoms with E-state index in [0.29, 0.717) is 13.2 Å². The molecule has 2 aromatic rings. The summed E-state index contributed by atoms with van der Waals surface area (Å²) in [4.78, 5) is 17.2. The average molecular weight is 356 g/mol. The molecule has 3 rings (SSSR count). The summed E-state index contributed by atoms with van der Waals surface area (Å²) in [5.74, 6) is 0.0649. The predicted molar refractivity (Wildman–Crippen MR) is 102 cm³/mol. The fourth-order valence-corrected chi connectivity index (χ4v) is 3.53. The third-order valence-electron chi connectivity index (χ3n) is 5.09. The number of imidazole rings is 1. The number of aryl methyl sites for hydroxylation is 1. The third-order valence-corrected chi connectivity index (χ3v) is 5.09. The van der Waals surface area contributed by atoms with Crippen LogP contribution in [-0.4, -0.2) is 34.7 Å². The van der Waals surface area contributed by atoms with Crippen LogP contribution in [0.1, 0.15) is 36.9 Å². The summed E-state index contributed by atoms with van der Waals surface area (Å²) >= 11 is 0. The molecular weight excluding hydrogens is 328 g/mol. The van der Waals surface area contributed by atoms with Crippen molar-refractivity contribution >= 4 is 11.6 Å². The van der Waals surface area contributed by atoms with Gasteiger partial charge in [0.15, 0.2) is 0 Å². The molecule has 140 valence electrons. The van der Waals surface area contributed by atoms with Crippen LogP contribution in [0.5, 0.6) is 0 Å². The number of aromatic nitrogens is 2. The van der Waals surface area contributed by atoms with E-state index in [1.54, 1.807) is 19.6 Å². The minimum Gasteiger partial charge on any atom is -0.383 e. The minimum absolute atomic E-state index is 0.0649. The predicted octanol–water partition coefficient (Wildman–Crippen LogP) is 2.88. The summed E-state index contributed by atoms with van der Waals surface area (Å²) in [7, 11) is 1.68. The summed E-state index contributed by atoms with van der Waals surface area (Å²) < 4.78 is 7.13. The number of ether oxygens (including phenoxy) is 1. The zero-order chi connectivity index (χ0) is 18.4. The maximum Gasteiger partial charge on any atom is 0.245 e. The van der Waals surface area contributed by atoms with Gasteiger partial charge >= 0.3 is 0 Å². The molecule has 1 aromatic carbocycles. The fourth-order valence-electron chi connectivity index (χ4n) is 3.53. The molecule has 0 aliphatic heterocycles. The van der Waals surface area contributed by atoms with Crippen LogP contribution in [0.3, 0.4) is 0 Å². The lowest BCUT2D eigenvalue weighted by atomic mass is 9.95. The van der Waals surface area contributed by atoms with Crippen molar-refractivity contribution in [1.29, 1.82) is 0 Å². The second kappa shape index (κ2) is 8.36. The van der Waals surface area contributed by atoms with Crippen molar-refractivity contribution in [2.24, 2.45) is 0 Å². The molecule has 2 N–H and O–H groups in total. The number of hydrogen-bond acceptors (Lipinski definition) is 4. The minimum atomic E-state index is -0.521. The van der Waals surface area contributed by atoms with Crippen molar-refractivity contribution in [2.75, 3.05) is 19.0 Å². The van der Waals surface area contributed by atoms with E-state index in [-0.39, 0.29) is 5.91 Å². The number of anilines is 1. The van der Waals surface area contributed by atoms with E-state index in [2.05, 4.69) is 34.7 Å². The Hall–Kier alpha value is -2.34. The zero-order valence-corrected chi connectivity index (χ0v) is 15.6. The molecule has 1 fully saturated rings. The van der Waals surface area contributed by atoms with Crippen LogP contribution in [0, 0.1) is 6.92 Å². The van der Waals surface area contributed by atoms with Gasteiger partial charge in [-0.3, -0.25) is 4.79 Å². The van der Waals surface area contributed by atoms with E-state index in [9.17, 15) is 4.79 Å². The van der Waals surface area contributed by atoms with E-state index in [1.807, 2.05) is 16.7 Å². The van der Waals surface area contributed by atoms with Crippen LogP contribution >= 0.6 is 0 Å². The Bertz CT molecular complexity index is 718. The number of carbonyl (C=O) groups excluding carboxylic acids is 1. The molecular formula is C20H28N4O2. The second-order valence-corrected chi connectivity index (χ2v) is 7.03. The Kier molecular flexibility index (Phi) is 5.93. The largest absolute Gasteiger partial charge is 0.383 e. The quantitative estimate of drug-likeness (QED) is 0.763. The smallest absolute Gasteiger partial charge is 0.245 e. The topological polar surface area (TPSA) is 68.2 Å². The van der Waals surface area contributed by atoms with Gasteiger partial charge in [0.25, 0.3) is 0 Å². The fraction of sp³-hybridized carbons (Fsp3) is 0.500. The van der Waals surface area contributed by atoms with E-state index < -0.39 is 5.54 Å². The molecule has 0 radical (unpaired) electrons. The van der Waals surface area contributed by atoms with Gasteiger partial charge < -0.3 is 19.9 Å². The molecule has 6 heteroatoms. The molecule has 0 saturated heterocycles. The molecule has 0 unspecified atom stereocenters. The summed E-state index contributed by atoms with van der Waals surface area (Å²) in [6.07, 6.45) is 7.42. The number of benzene rings is 1. The van der Waals surface area contributed by atoms with Gasteiger partial charge in [-0.15, -0.1) is 0 Å². The zero-order valence-electron chi connectivity index (χ0n) is 15.6. The highest BCUT2D eigenvalue weighted by atomic mass is 16.5. The first kappa shape index (κ1) is 18.5. The lowest BCUT2D eigenvalue weighted by Gasteiger charge is -2.30. The van der Waals surface area contributed by atoms with Gasteiger partial charge in [0.1, 0.15) is 5.54 Å². The number of nitrogens with one attached hydrogen (secondary N) is 2. The van der Waals surface area contributed by atoms with Crippen molar-refractivity contribution in [3.63, 3.8) is 0 Å². The van der Waals surface area contributed by atoms with Crippen LogP contribution < -0.4 is 10.6 Å². The summed E-state index contributed by atoms with van der Waals surface area (Å²) in [6.45, 7) is 3.89. The Labute approximate surface area is 155 Å². The van der Waals surface area contributed by atoms with Crippen LogP contribution in [0.25, 0.3) is 0 Å².